The number of carboxylic acids is 1. The van der Waals surface area contributed by atoms with Crippen LogP contribution in [-0.4, -0.2) is 72.4 Å². The molecule has 1 N–H and O–H groups in total. The summed E-state index contributed by atoms with van der Waals surface area (Å²) in [5.74, 6) is -2.10. The third-order valence-electron chi connectivity index (χ3n) is 3.93. The third-order valence-corrected chi connectivity index (χ3v) is 5.85. The number of piperazine rings is 1. The van der Waals surface area contributed by atoms with Crippen LogP contribution >= 0.6 is 0 Å². The minimum atomic E-state index is -4.94. The molecule has 1 aromatic rings. The van der Waals surface area contributed by atoms with Crippen LogP contribution in [0.1, 0.15) is 20.8 Å². The minimum Gasteiger partial charge on any atom is -0.480 e. The van der Waals surface area contributed by atoms with Crippen LogP contribution in [0.3, 0.4) is 0 Å². The number of amides is 1. The Morgan fingerprint density at radius 3 is 2.13 bits per heavy atom. The molecule has 13 heteroatoms. The zero-order valence-electron chi connectivity index (χ0n) is 16.3. The number of rotatable bonds is 4. The van der Waals surface area contributed by atoms with Crippen LogP contribution in [-0.2, 0) is 19.6 Å². The van der Waals surface area contributed by atoms with Gasteiger partial charge in [0.05, 0.1) is 11.4 Å². The van der Waals surface area contributed by atoms with Gasteiger partial charge in [0.25, 0.3) is 0 Å². The van der Waals surface area contributed by atoms with Crippen molar-refractivity contribution >= 4 is 22.1 Å². The first-order valence-electron chi connectivity index (χ1n) is 8.68. The number of ether oxygens (including phenoxy) is 2. The molecular weight excluding hydrogens is 433 g/mol. The van der Waals surface area contributed by atoms with Crippen molar-refractivity contribution in [1.29, 1.82) is 0 Å². The van der Waals surface area contributed by atoms with Gasteiger partial charge in [-0.2, -0.15) is 4.31 Å². The zero-order chi connectivity index (χ0) is 22.9. The van der Waals surface area contributed by atoms with E-state index in [1.807, 2.05) is 0 Å². The number of alkyl halides is 3. The number of carboxylic acid groups (broad SMARTS) is 1. The van der Waals surface area contributed by atoms with Gasteiger partial charge in [0.15, 0.2) is 0 Å². The molecule has 1 amide bonds. The number of hydrogen-bond acceptors (Lipinski definition) is 6. The Kier molecular flexibility index (Phi) is 6.57. The van der Waals surface area contributed by atoms with E-state index in [2.05, 4.69) is 4.74 Å². The van der Waals surface area contributed by atoms with Gasteiger partial charge in [-0.1, -0.05) is 0 Å². The van der Waals surface area contributed by atoms with Gasteiger partial charge in [-0.05, 0) is 45.0 Å². The van der Waals surface area contributed by atoms with Crippen LogP contribution in [0.4, 0.5) is 18.0 Å². The first kappa shape index (κ1) is 23.7. The average molecular weight is 454 g/mol. The number of aliphatic carboxylic acids is 1. The first-order valence-corrected chi connectivity index (χ1v) is 10.1. The van der Waals surface area contributed by atoms with Crippen LogP contribution in [0.5, 0.6) is 5.75 Å². The Morgan fingerprint density at radius 1 is 1.10 bits per heavy atom. The predicted octanol–water partition coefficient (Wildman–Crippen LogP) is 2.28. The molecule has 1 aromatic carbocycles. The van der Waals surface area contributed by atoms with Gasteiger partial charge in [-0.15, -0.1) is 13.2 Å². The van der Waals surface area contributed by atoms with Crippen molar-refractivity contribution in [1.82, 2.24) is 9.21 Å². The molecule has 0 spiro atoms. The predicted molar refractivity (Wildman–Crippen MR) is 96.2 cm³/mol. The zero-order valence-corrected chi connectivity index (χ0v) is 17.2. The quantitative estimate of drug-likeness (QED) is 0.743. The molecule has 0 radical (unpaired) electrons. The van der Waals surface area contributed by atoms with E-state index >= 15 is 0 Å². The Morgan fingerprint density at radius 2 is 1.67 bits per heavy atom. The van der Waals surface area contributed by atoms with Crippen LogP contribution in [0.15, 0.2) is 29.2 Å². The van der Waals surface area contributed by atoms with Crippen LogP contribution in [0, 0.1) is 0 Å². The summed E-state index contributed by atoms with van der Waals surface area (Å²) >= 11 is 0. The molecule has 0 aliphatic carbocycles. The van der Waals surface area contributed by atoms with Gasteiger partial charge >= 0.3 is 18.4 Å². The van der Waals surface area contributed by atoms with E-state index < -0.39 is 57.3 Å². The highest BCUT2D eigenvalue weighted by Gasteiger charge is 2.42. The molecule has 1 atom stereocenters. The van der Waals surface area contributed by atoms with Crippen LogP contribution in [0.2, 0.25) is 0 Å². The van der Waals surface area contributed by atoms with E-state index in [0.29, 0.717) is 4.31 Å². The highest BCUT2D eigenvalue weighted by atomic mass is 32.2. The molecule has 0 bridgehead atoms. The maximum atomic E-state index is 12.9. The highest BCUT2D eigenvalue weighted by Crippen LogP contribution is 2.27. The van der Waals surface area contributed by atoms with E-state index in [4.69, 9.17) is 4.74 Å². The summed E-state index contributed by atoms with van der Waals surface area (Å²) in [6.45, 7) is 4.00. The van der Waals surface area contributed by atoms with Gasteiger partial charge in [0.2, 0.25) is 10.0 Å². The summed E-state index contributed by atoms with van der Waals surface area (Å²) in [4.78, 5) is 24.6. The van der Waals surface area contributed by atoms with E-state index in [9.17, 15) is 36.3 Å². The lowest BCUT2D eigenvalue weighted by molar-refractivity contribution is -0.274. The van der Waals surface area contributed by atoms with Crippen LogP contribution in [0.25, 0.3) is 0 Å². The fourth-order valence-electron chi connectivity index (χ4n) is 2.70. The van der Waals surface area contributed by atoms with Crippen molar-refractivity contribution in [3.05, 3.63) is 24.3 Å². The highest BCUT2D eigenvalue weighted by molar-refractivity contribution is 7.89. The molecule has 1 heterocycles. The summed E-state index contributed by atoms with van der Waals surface area (Å²) < 4.78 is 72.1. The molecule has 2 rings (SSSR count). The number of hydrogen-bond donors (Lipinski definition) is 1. The lowest BCUT2D eigenvalue weighted by Crippen LogP contribution is -2.59. The number of carbonyl (C=O) groups excluding carboxylic acids is 1. The smallest absolute Gasteiger partial charge is 0.480 e. The van der Waals surface area contributed by atoms with Gasteiger partial charge in [-0.25, -0.2) is 13.2 Å². The molecule has 0 aromatic heterocycles. The van der Waals surface area contributed by atoms with Crippen molar-refractivity contribution in [2.45, 2.75) is 43.7 Å². The Labute approximate surface area is 171 Å². The lowest BCUT2D eigenvalue weighted by Gasteiger charge is -2.38. The number of benzene rings is 1. The van der Waals surface area contributed by atoms with Gasteiger partial charge in [0, 0.05) is 13.1 Å². The third kappa shape index (κ3) is 5.98. The number of nitrogens with zero attached hydrogens (tertiary/aromatic N) is 2. The maximum absolute atomic E-state index is 12.9. The fraction of sp³-hybridized carbons (Fsp3) is 0.529. The first-order chi connectivity index (χ1) is 13.6. The van der Waals surface area contributed by atoms with E-state index in [1.165, 1.54) is 0 Å². The van der Waals surface area contributed by atoms with Gasteiger partial charge in [0.1, 0.15) is 17.4 Å². The van der Waals surface area contributed by atoms with Crippen molar-refractivity contribution < 1.29 is 45.8 Å². The summed E-state index contributed by atoms with van der Waals surface area (Å²) in [6, 6.07) is 1.80. The van der Waals surface area contributed by atoms with Crippen molar-refractivity contribution in [2.24, 2.45) is 0 Å². The van der Waals surface area contributed by atoms with Crippen molar-refractivity contribution in [3.8, 4) is 5.75 Å². The van der Waals surface area contributed by atoms with Gasteiger partial charge < -0.3 is 19.5 Å². The second kappa shape index (κ2) is 8.30. The number of carbonyl (C=O) groups is 2. The molecule has 1 saturated heterocycles. The molecule has 1 fully saturated rings. The molecule has 1 aliphatic rings. The SMILES string of the molecule is CC(C)(C)OC(=O)N1CCN(S(=O)(=O)c2ccc(OC(F)(F)F)cc2)[C@@H](C(=O)O)C1. The summed E-state index contributed by atoms with van der Waals surface area (Å²) in [6.07, 6.45) is -5.72. The Hall–Kier alpha value is -2.54. The summed E-state index contributed by atoms with van der Waals surface area (Å²) in [5, 5.41) is 9.49. The monoisotopic (exact) mass is 454 g/mol. The van der Waals surface area contributed by atoms with E-state index in [-0.39, 0.29) is 13.1 Å². The van der Waals surface area contributed by atoms with Crippen LogP contribution < -0.4 is 4.74 Å². The maximum Gasteiger partial charge on any atom is 0.573 e. The molecule has 9 nitrogen and oxygen atoms in total. The average Bonchev–Trinajstić information content (AvgIpc) is 2.58. The van der Waals surface area contributed by atoms with Gasteiger partial charge in [-0.3, -0.25) is 4.79 Å². The topological polar surface area (TPSA) is 113 Å². The van der Waals surface area contributed by atoms with Crippen molar-refractivity contribution in [2.75, 3.05) is 19.6 Å². The summed E-state index contributed by atoms with van der Waals surface area (Å²) in [7, 11) is -4.36. The second-order valence-electron chi connectivity index (χ2n) is 7.42. The molecule has 168 valence electrons. The Bertz CT molecular complexity index is 895. The second-order valence-corrected chi connectivity index (χ2v) is 9.31. The largest absolute Gasteiger partial charge is 0.573 e. The molecule has 1 aliphatic heterocycles. The molecule has 30 heavy (non-hydrogen) atoms. The lowest BCUT2D eigenvalue weighted by atomic mass is 10.2. The Balaban J connectivity index is 2.22. The molecule has 0 unspecified atom stereocenters. The van der Waals surface area contributed by atoms with E-state index in [0.717, 1.165) is 29.2 Å². The summed E-state index contributed by atoms with van der Waals surface area (Å²) in [5.41, 5.74) is -0.820. The normalized spacial score (nSPS) is 18.7. The van der Waals surface area contributed by atoms with Crippen molar-refractivity contribution in [3.63, 3.8) is 0 Å². The standard InChI is InChI=1S/C17H21F3N2O7S/c1-16(2,3)29-15(25)21-8-9-22(13(10-21)14(23)24)30(26,27)12-6-4-11(5-7-12)28-17(18,19)20/h4-7,13H,8-10H2,1-3H3,(H,23,24)/t13-/m1/s1. The molecule has 0 saturated carbocycles. The van der Waals surface area contributed by atoms with E-state index in [1.54, 1.807) is 20.8 Å². The fourth-order valence-corrected chi connectivity index (χ4v) is 4.26. The number of halogens is 3. The number of sulfonamides is 1. The molecular formula is C17H21F3N2O7S. The minimum absolute atomic E-state index is 0.118.